The molecule has 1 aliphatic heterocycles. The van der Waals surface area contributed by atoms with Gasteiger partial charge in [0.1, 0.15) is 10.7 Å². The zero-order chi connectivity index (χ0) is 16.8. The second-order valence-electron chi connectivity index (χ2n) is 5.72. The number of thiazole rings is 1. The van der Waals surface area contributed by atoms with E-state index in [-0.39, 0.29) is 5.91 Å². The molecule has 0 spiro atoms. The summed E-state index contributed by atoms with van der Waals surface area (Å²) >= 11 is 1.41. The highest BCUT2D eigenvalue weighted by Crippen LogP contribution is 2.11. The Morgan fingerprint density at radius 3 is 2.88 bits per heavy atom. The Morgan fingerprint density at radius 1 is 1.33 bits per heavy atom. The number of carbonyl (C=O) groups is 1. The fourth-order valence-electron chi connectivity index (χ4n) is 2.64. The van der Waals surface area contributed by atoms with Crippen LogP contribution in [0.3, 0.4) is 0 Å². The number of hydrogen-bond acceptors (Lipinski definition) is 6. The molecule has 3 N–H and O–H groups in total. The Hall–Kier alpha value is -1.80. The number of amides is 1. The summed E-state index contributed by atoms with van der Waals surface area (Å²) in [5, 5.41) is 5.43. The Kier molecular flexibility index (Phi) is 5.92. The number of nitrogens with zero attached hydrogens (tertiary/aromatic N) is 2. The van der Waals surface area contributed by atoms with Gasteiger partial charge in [-0.3, -0.25) is 9.69 Å². The number of benzene rings is 1. The van der Waals surface area contributed by atoms with Crippen molar-refractivity contribution in [2.75, 3.05) is 26.3 Å². The molecular weight excluding hydrogens is 324 g/mol. The number of nitrogens with one attached hydrogen (secondary N) is 1. The average molecular weight is 346 g/mol. The van der Waals surface area contributed by atoms with Gasteiger partial charge in [0.2, 0.25) is 0 Å². The second-order valence-corrected chi connectivity index (χ2v) is 6.66. The molecular formula is C17H22N4O2S. The lowest BCUT2D eigenvalue weighted by atomic mass is 10.1. The smallest absolute Gasteiger partial charge is 0.271 e. The van der Waals surface area contributed by atoms with E-state index in [0.29, 0.717) is 18.8 Å². The number of carbonyl (C=O) groups excluding carboxylic acids is 1. The van der Waals surface area contributed by atoms with E-state index in [0.717, 1.165) is 43.4 Å². The third-order valence-electron chi connectivity index (χ3n) is 3.91. The van der Waals surface area contributed by atoms with Gasteiger partial charge < -0.3 is 15.8 Å². The predicted molar refractivity (Wildman–Crippen MR) is 93.7 cm³/mol. The second kappa shape index (κ2) is 8.34. The van der Waals surface area contributed by atoms with Gasteiger partial charge in [-0.05, 0) is 11.1 Å². The molecule has 0 atom stereocenters. The number of rotatable bonds is 6. The van der Waals surface area contributed by atoms with E-state index in [2.05, 4.69) is 27.3 Å². The highest BCUT2D eigenvalue weighted by molar-refractivity contribution is 7.09. The molecule has 0 bridgehead atoms. The molecule has 1 aliphatic rings. The molecule has 0 unspecified atom stereocenters. The molecule has 2 heterocycles. The molecule has 1 aromatic heterocycles. The van der Waals surface area contributed by atoms with Gasteiger partial charge in [-0.25, -0.2) is 4.98 Å². The maximum atomic E-state index is 12.1. The quantitative estimate of drug-likeness (QED) is 0.826. The van der Waals surface area contributed by atoms with Crippen LogP contribution in [0.2, 0.25) is 0 Å². The molecule has 2 aromatic rings. The van der Waals surface area contributed by atoms with Crippen molar-refractivity contribution in [2.24, 2.45) is 5.73 Å². The molecule has 6 nitrogen and oxygen atoms in total. The molecule has 1 fully saturated rings. The van der Waals surface area contributed by atoms with E-state index >= 15 is 0 Å². The highest BCUT2D eigenvalue weighted by Gasteiger charge is 2.12. The van der Waals surface area contributed by atoms with Crippen molar-refractivity contribution in [1.29, 1.82) is 0 Å². The number of hydrogen-bond donors (Lipinski definition) is 2. The molecule has 1 aromatic carbocycles. The van der Waals surface area contributed by atoms with E-state index in [9.17, 15) is 4.79 Å². The van der Waals surface area contributed by atoms with E-state index in [1.807, 2.05) is 12.1 Å². The van der Waals surface area contributed by atoms with Crippen molar-refractivity contribution in [3.05, 3.63) is 51.5 Å². The van der Waals surface area contributed by atoms with E-state index in [4.69, 9.17) is 10.5 Å². The molecule has 0 aliphatic carbocycles. The van der Waals surface area contributed by atoms with Crippen LogP contribution in [0.5, 0.6) is 0 Å². The fraction of sp³-hybridized carbons (Fsp3) is 0.412. The Morgan fingerprint density at radius 2 is 2.12 bits per heavy atom. The summed E-state index contributed by atoms with van der Waals surface area (Å²) in [7, 11) is 0. The van der Waals surface area contributed by atoms with Gasteiger partial charge in [0.05, 0.1) is 13.2 Å². The monoisotopic (exact) mass is 346 g/mol. The first-order valence-corrected chi connectivity index (χ1v) is 8.93. The standard InChI is InChI=1S/C17H22N4O2S/c18-9-16-20-15(12-24-16)17(22)19-10-13-2-1-3-14(8-13)11-21-4-6-23-7-5-21/h1-3,8,12H,4-7,9-11,18H2,(H,19,22). The first kappa shape index (κ1) is 17.0. The van der Waals surface area contributed by atoms with Crippen molar-refractivity contribution in [3.63, 3.8) is 0 Å². The van der Waals surface area contributed by atoms with Crippen LogP contribution in [0.4, 0.5) is 0 Å². The summed E-state index contributed by atoms with van der Waals surface area (Å²) in [5.74, 6) is -0.162. The van der Waals surface area contributed by atoms with E-state index < -0.39 is 0 Å². The summed E-state index contributed by atoms with van der Waals surface area (Å²) in [6, 6.07) is 8.32. The SMILES string of the molecule is NCc1nc(C(=O)NCc2cccc(CN3CCOCC3)c2)cs1. The molecule has 0 radical (unpaired) electrons. The maximum Gasteiger partial charge on any atom is 0.271 e. The average Bonchev–Trinajstić information content (AvgIpc) is 3.10. The van der Waals surface area contributed by atoms with Crippen molar-refractivity contribution in [1.82, 2.24) is 15.2 Å². The predicted octanol–water partition coefficient (Wildman–Crippen LogP) is 1.36. The summed E-state index contributed by atoms with van der Waals surface area (Å²) < 4.78 is 5.38. The van der Waals surface area contributed by atoms with Crippen molar-refractivity contribution >= 4 is 17.2 Å². The summed E-state index contributed by atoms with van der Waals surface area (Å²) in [6.45, 7) is 5.30. The third kappa shape index (κ3) is 4.61. The zero-order valence-electron chi connectivity index (χ0n) is 13.5. The molecule has 128 valence electrons. The molecule has 3 rings (SSSR count). The molecule has 24 heavy (non-hydrogen) atoms. The lowest BCUT2D eigenvalue weighted by Crippen LogP contribution is -2.35. The molecule has 0 saturated carbocycles. The van der Waals surface area contributed by atoms with Crippen LogP contribution < -0.4 is 11.1 Å². The number of morpholine rings is 1. The first-order valence-electron chi connectivity index (χ1n) is 8.05. The van der Waals surface area contributed by atoms with Crippen molar-refractivity contribution in [3.8, 4) is 0 Å². The molecule has 1 saturated heterocycles. The lowest BCUT2D eigenvalue weighted by molar-refractivity contribution is 0.0342. The first-order chi connectivity index (χ1) is 11.7. The van der Waals surface area contributed by atoms with Crippen LogP contribution in [-0.4, -0.2) is 42.1 Å². The van der Waals surface area contributed by atoms with Crippen molar-refractivity contribution < 1.29 is 9.53 Å². The van der Waals surface area contributed by atoms with Gasteiger partial charge in [-0.1, -0.05) is 24.3 Å². The Bertz CT molecular complexity index is 683. The normalized spacial score (nSPS) is 15.4. The largest absolute Gasteiger partial charge is 0.379 e. The van der Waals surface area contributed by atoms with Crippen LogP contribution in [0.25, 0.3) is 0 Å². The van der Waals surface area contributed by atoms with Gasteiger partial charge in [0.15, 0.2) is 0 Å². The lowest BCUT2D eigenvalue weighted by Gasteiger charge is -2.26. The summed E-state index contributed by atoms with van der Waals surface area (Å²) in [6.07, 6.45) is 0. The highest BCUT2D eigenvalue weighted by atomic mass is 32.1. The number of nitrogens with two attached hydrogens (primary N) is 1. The minimum atomic E-state index is -0.162. The van der Waals surface area contributed by atoms with Gasteiger partial charge in [0, 0.05) is 38.1 Å². The summed E-state index contributed by atoms with van der Waals surface area (Å²) in [5.41, 5.74) is 8.30. The van der Waals surface area contributed by atoms with E-state index in [1.165, 1.54) is 16.9 Å². The zero-order valence-corrected chi connectivity index (χ0v) is 14.3. The van der Waals surface area contributed by atoms with E-state index in [1.54, 1.807) is 5.38 Å². The van der Waals surface area contributed by atoms with Crippen molar-refractivity contribution in [2.45, 2.75) is 19.6 Å². The molecule has 7 heteroatoms. The minimum absolute atomic E-state index is 0.162. The minimum Gasteiger partial charge on any atom is -0.379 e. The Balaban J connectivity index is 1.55. The van der Waals surface area contributed by atoms with Gasteiger partial charge in [0.25, 0.3) is 5.91 Å². The van der Waals surface area contributed by atoms with Crippen LogP contribution in [-0.2, 0) is 24.4 Å². The summed E-state index contributed by atoms with van der Waals surface area (Å²) in [4.78, 5) is 18.7. The molecule has 1 amide bonds. The van der Waals surface area contributed by atoms with Crippen LogP contribution in [0, 0.1) is 0 Å². The van der Waals surface area contributed by atoms with Gasteiger partial charge in [-0.2, -0.15) is 0 Å². The number of aromatic nitrogens is 1. The topological polar surface area (TPSA) is 80.5 Å². The Labute approximate surface area is 145 Å². The van der Waals surface area contributed by atoms with Crippen LogP contribution in [0.1, 0.15) is 26.6 Å². The van der Waals surface area contributed by atoms with Crippen LogP contribution in [0.15, 0.2) is 29.6 Å². The van der Waals surface area contributed by atoms with Gasteiger partial charge in [-0.15, -0.1) is 11.3 Å². The fourth-order valence-corrected chi connectivity index (χ4v) is 3.29. The van der Waals surface area contributed by atoms with Gasteiger partial charge >= 0.3 is 0 Å². The maximum absolute atomic E-state index is 12.1. The third-order valence-corrected chi connectivity index (χ3v) is 4.78. The van der Waals surface area contributed by atoms with Crippen LogP contribution >= 0.6 is 11.3 Å². The number of ether oxygens (including phenoxy) is 1.